The zero-order valence-electron chi connectivity index (χ0n) is 13.8. The van der Waals surface area contributed by atoms with Gasteiger partial charge in [-0.3, -0.25) is 13.9 Å². The molecule has 0 radical (unpaired) electrons. The summed E-state index contributed by atoms with van der Waals surface area (Å²) in [4.78, 5) is 36.7. The Bertz CT molecular complexity index is 612. The van der Waals surface area contributed by atoms with E-state index >= 15 is 0 Å². The molecule has 24 heavy (non-hydrogen) atoms. The van der Waals surface area contributed by atoms with Crippen LogP contribution in [0, 0.1) is 5.92 Å². The van der Waals surface area contributed by atoms with Crippen molar-refractivity contribution in [1.29, 1.82) is 0 Å². The van der Waals surface area contributed by atoms with Gasteiger partial charge in [-0.25, -0.2) is 9.59 Å². The van der Waals surface area contributed by atoms with Crippen LogP contribution in [0.1, 0.15) is 20.3 Å². The maximum Gasteiger partial charge on any atom is 0.410 e. The quantitative estimate of drug-likeness (QED) is 0.289. The SMILES string of the molecule is C=CCOC(=O)N1CC(OS(C)(=O)=O)CC1C(=O)OC(=O)C(C)C. The third kappa shape index (κ3) is 5.93. The summed E-state index contributed by atoms with van der Waals surface area (Å²) in [7, 11) is -3.77. The first-order valence-electron chi connectivity index (χ1n) is 7.23. The van der Waals surface area contributed by atoms with Crippen molar-refractivity contribution in [3.05, 3.63) is 12.7 Å². The predicted molar refractivity (Wildman–Crippen MR) is 82.3 cm³/mol. The van der Waals surface area contributed by atoms with Gasteiger partial charge in [0.15, 0.2) is 0 Å². The Kier molecular flexibility index (Phi) is 6.91. The first-order valence-corrected chi connectivity index (χ1v) is 9.05. The monoisotopic (exact) mass is 363 g/mol. The molecule has 10 heteroatoms. The van der Waals surface area contributed by atoms with Crippen LogP contribution in [0.5, 0.6) is 0 Å². The van der Waals surface area contributed by atoms with Crippen LogP contribution >= 0.6 is 0 Å². The van der Waals surface area contributed by atoms with Gasteiger partial charge in [-0.2, -0.15) is 8.42 Å². The van der Waals surface area contributed by atoms with Gasteiger partial charge in [-0.05, 0) is 0 Å². The van der Waals surface area contributed by atoms with Crippen LogP contribution in [0.15, 0.2) is 12.7 Å². The number of hydrogen-bond acceptors (Lipinski definition) is 8. The average molecular weight is 363 g/mol. The van der Waals surface area contributed by atoms with Crippen molar-refractivity contribution in [2.75, 3.05) is 19.4 Å². The molecule has 2 atom stereocenters. The minimum absolute atomic E-state index is 0.0837. The lowest BCUT2D eigenvalue weighted by Gasteiger charge is -2.21. The number of carbonyl (C=O) groups excluding carboxylic acids is 3. The van der Waals surface area contributed by atoms with Gasteiger partial charge < -0.3 is 9.47 Å². The van der Waals surface area contributed by atoms with E-state index in [1.54, 1.807) is 13.8 Å². The second-order valence-electron chi connectivity index (χ2n) is 5.59. The van der Waals surface area contributed by atoms with E-state index in [9.17, 15) is 22.8 Å². The Hall–Kier alpha value is -1.94. The van der Waals surface area contributed by atoms with Crippen molar-refractivity contribution in [1.82, 2.24) is 4.90 Å². The minimum atomic E-state index is -3.77. The molecule has 1 fully saturated rings. The summed E-state index contributed by atoms with van der Waals surface area (Å²) in [6.07, 6.45) is 0.298. The standard InChI is InChI=1S/C14H21NO8S/c1-5-6-21-14(18)15-8-10(23-24(4,19)20)7-11(15)13(17)22-12(16)9(2)3/h5,9-11H,1,6-8H2,2-4H3. The highest BCUT2D eigenvalue weighted by Crippen LogP contribution is 2.24. The van der Waals surface area contributed by atoms with Crippen LogP contribution in [0.2, 0.25) is 0 Å². The zero-order chi connectivity index (χ0) is 18.5. The van der Waals surface area contributed by atoms with Gasteiger partial charge in [-0.1, -0.05) is 26.5 Å². The Morgan fingerprint density at radius 2 is 1.96 bits per heavy atom. The number of esters is 2. The van der Waals surface area contributed by atoms with E-state index in [4.69, 9.17) is 13.7 Å². The van der Waals surface area contributed by atoms with Crippen LogP contribution in [0.4, 0.5) is 4.79 Å². The fraction of sp³-hybridized carbons (Fsp3) is 0.643. The molecule has 0 aliphatic carbocycles. The molecule has 1 amide bonds. The highest BCUT2D eigenvalue weighted by molar-refractivity contribution is 7.86. The predicted octanol–water partition coefficient (Wildman–Crippen LogP) is 0.454. The summed E-state index contributed by atoms with van der Waals surface area (Å²) in [6.45, 7) is 6.24. The highest BCUT2D eigenvalue weighted by Gasteiger charge is 2.44. The molecule has 0 aromatic carbocycles. The molecule has 0 N–H and O–H groups in total. The van der Waals surface area contributed by atoms with E-state index < -0.39 is 46.2 Å². The van der Waals surface area contributed by atoms with Crippen molar-refractivity contribution >= 4 is 28.1 Å². The molecule has 1 saturated heterocycles. The number of ether oxygens (including phenoxy) is 2. The fourth-order valence-electron chi connectivity index (χ4n) is 2.04. The van der Waals surface area contributed by atoms with E-state index in [1.807, 2.05) is 0 Å². The molecular formula is C14H21NO8S. The number of rotatable bonds is 6. The third-order valence-electron chi connectivity index (χ3n) is 3.08. The van der Waals surface area contributed by atoms with E-state index in [1.165, 1.54) is 6.08 Å². The number of amides is 1. The summed E-state index contributed by atoms with van der Waals surface area (Å²) in [6, 6.07) is -1.17. The Morgan fingerprint density at radius 3 is 2.46 bits per heavy atom. The highest BCUT2D eigenvalue weighted by atomic mass is 32.2. The van der Waals surface area contributed by atoms with Crippen LogP contribution < -0.4 is 0 Å². The van der Waals surface area contributed by atoms with Crippen molar-refractivity contribution in [3.8, 4) is 0 Å². The third-order valence-corrected chi connectivity index (χ3v) is 3.70. The van der Waals surface area contributed by atoms with Gasteiger partial charge in [0.25, 0.3) is 10.1 Å². The fourth-order valence-corrected chi connectivity index (χ4v) is 2.67. The minimum Gasteiger partial charge on any atom is -0.445 e. The second-order valence-corrected chi connectivity index (χ2v) is 7.19. The first-order chi connectivity index (χ1) is 11.0. The molecule has 0 saturated carbocycles. The van der Waals surface area contributed by atoms with Gasteiger partial charge in [-0.15, -0.1) is 0 Å². The van der Waals surface area contributed by atoms with E-state index in [0.717, 1.165) is 11.2 Å². The van der Waals surface area contributed by atoms with Crippen LogP contribution in [-0.4, -0.2) is 62.9 Å². The smallest absolute Gasteiger partial charge is 0.410 e. The van der Waals surface area contributed by atoms with E-state index in [0.29, 0.717) is 0 Å². The molecule has 0 spiro atoms. The van der Waals surface area contributed by atoms with Gasteiger partial charge in [0, 0.05) is 6.42 Å². The number of likely N-dealkylation sites (tertiary alicyclic amines) is 1. The van der Waals surface area contributed by atoms with Gasteiger partial charge in [0.1, 0.15) is 12.6 Å². The summed E-state index contributed by atoms with van der Waals surface area (Å²) < 4.78 is 36.9. The van der Waals surface area contributed by atoms with Crippen molar-refractivity contribution in [2.45, 2.75) is 32.4 Å². The van der Waals surface area contributed by atoms with Gasteiger partial charge in [0.2, 0.25) is 0 Å². The largest absolute Gasteiger partial charge is 0.445 e. The molecule has 2 unspecified atom stereocenters. The summed E-state index contributed by atoms with van der Waals surface area (Å²) >= 11 is 0. The molecular weight excluding hydrogens is 342 g/mol. The van der Waals surface area contributed by atoms with E-state index in [2.05, 4.69) is 6.58 Å². The van der Waals surface area contributed by atoms with Crippen molar-refractivity contribution in [2.24, 2.45) is 5.92 Å². The maximum atomic E-state index is 12.1. The topological polar surface area (TPSA) is 116 Å². The van der Waals surface area contributed by atoms with Gasteiger partial charge >= 0.3 is 18.0 Å². The summed E-state index contributed by atoms with van der Waals surface area (Å²) in [5.74, 6) is -2.23. The Labute approximate surface area is 140 Å². The van der Waals surface area contributed by atoms with Crippen LogP contribution in [0.25, 0.3) is 0 Å². The molecule has 1 rings (SSSR count). The van der Waals surface area contributed by atoms with Crippen LogP contribution in [0.3, 0.4) is 0 Å². The molecule has 1 aliphatic rings. The molecule has 1 aliphatic heterocycles. The maximum absolute atomic E-state index is 12.1. The van der Waals surface area contributed by atoms with Crippen LogP contribution in [-0.2, 0) is 33.4 Å². The average Bonchev–Trinajstić information content (AvgIpc) is 2.86. The van der Waals surface area contributed by atoms with Crippen molar-refractivity contribution in [3.63, 3.8) is 0 Å². The molecule has 0 aromatic heterocycles. The lowest BCUT2D eigenvalue weighted by molar-refractivity contribution is -0.164. The Morgan fingerprint density at radius 1 is 1.33 bits per heavy atom. The Balaban J connectivity index is 2.89. The van der Waals surface area contributed by atoms with Gasteiger partial charge in [0.05, 0.1) is 24.8 Å². The molecule has 9 nitrogen and oxygen atoms in total. The number of hydrogen-bond donors (Lipinski definition) is 0. The normalized spacial score (nSPS) is 20.8. The summed E-state index contributed by atoms with van der Waals surface area (Å²) in [5, 5.41) is 0. The second kappa shape index (κ2) is 8.25. The van der Waals surface area contributed by atoms with Crippen molar-refractivity contribution < 1.29 is 36.5 Å². The number of carbonyl (C=O) groups is 3. The first kappa shape index (κ1) is 20.1. The molecule has 0 aromatic rings. The molecule has 1 heterocycles. The lowest BCUT2D eigenvalue weighted by atomic mass is 10.2. The lowest BCUT2D eigenvalue weighted by Crippen LogP contribution is -2.42. The number of nitrogens with zero attached hydrogens (tertiary/aromatic N) is 1. The zero-order valence-corrected chi connectivity index (χ0v) is 14.6. The summed E-state index contributed by atoms with van der Waals surface area (Å²) in [5.41, 5.74) is 0. The van der Waals surface area contributed by atoms with E-state index in [-0.39, 0.29) is 19.6 Å². The molecule has 136 valence electrons. The molecule has 0 bridgehead atoms.